The van der Waals surface area contributed by atoms with Crippen LogP contribution in [0.5, 0.6) is 0 Å². The Balaban J connectivity index is 0.000000110. The van der Waals surface area contributed by atoms with Gasteiger partial charge in [-0.3, -0.25) is 9.97 Å². The van der Waals surface area contributed by atoms with Crippen LogP contribution in [0.1, 0.15) is 0 Å². The topological polar surface area (TPSA) is 155 Å². The molecule has 144 heavy (non-hydrogen) atoms. The highest BCUT2D eigenvalue weighted by Gasteiger charge is 2.24. The molecule has 0 radical (unpaired) electrons. The van der Waals surface area contributed by atoms with Gasteiger partial charge in [0.1, 0.15) is 0 Å². The minimum absolute atomic E-state index is 0.690. The van der Waals surface area contributed by atoms with Gasteiger partial charge in [0.2, 0.25) is 0 Å². The molecule has 0 bridgehead atoms. The predicted molar refractivity (Wildman–Crippen MR) is 594 cm³/mol. The Morgan fingerprint density at radius 3 is 0.854 bits per heavy atom. The molecule has 0 aliphatic heterocycles. The number of benzene rings is 19. The minimum Gasteiger partial charge on any atom is -0.254 e. The fourth-order valence-corrected chi connectivity index (χ4v) is 20.3. The Kier molecular flexibility index (Phi) is 21.7. The van der Waals surface area contributed by atoms with E-state index in [1.165, 1.54) is 21.7 Å². The van der Waals surface area contributed by atoms with Gasteiger partial charge >= 0.3 is 0 Å². The molecule has 9 aromatic heterocycles. The van der Waals surface area contributed by atoms with Gasteiger partial charge in [0.25, 0.3) is 0 Å². The van der Waals surface area contributed by atoms with Crippen molar-refractivity contribution >= 4 is 130 Å². The van der Waals surface area contributed by atoms with Crippen molar-refractivity contribution in [2.24, 2.45) is 0 Å². The van der Waals surface area contributed by atoms with Crippen molar-refractivity contribution in [1.82, 2.24) is 59.8 Å². The van der Waals surface area contributed by atoms with Crippen LogP contribution in [0.2, 0.25) is 0 Å². The van der Waals surface area contributed by atoms with Crippen molar-refractivity contribution in [3.8, 4) is 146 Å². The third-order valence-corrected chi connectivity index (χ3v) is 27.2. The van der Waals surface area contributed by atoms with Crippen molar-refractivity contribution in [2.45, 2.75) is 0 Å². The summed E-state index contributed by atoms with van der Waals surface area (Å²) in [7, 11) is 0. The van der Waals surface area contributed by atoms with Gasteiger partial charge in [-0.1, -0.05) is 400 Å². The third-order valence-electron chi connectivity index (χ3n) is 27.2. The molecular formula is C132H82N12. The molecule has 28 aromatic rings. The van der Waals surface area contributed by atoms with Crippen molar-refractivity contribution in [2.75, 3.05) is 0 Å². The van der Waals surface area contributed by atoms with Crippen LogP contribution in [0, 0.1) is 0 Å². The molecule has 9 heterocycles. The standard InChI is InChI=1S/C46H28N4.C44H28N4.C42H26N4/c1-3-10-29(11-4-1)41-28-42(30-12-5-2-6-13-30)50-46(49-41)35-20-18-33-24-36-26-34(19-17-32(36)25-37(33)27-35)43-38-15-7-8-16-40(38)48-45-39(43)22-21-31-14-9-23-47-44(31)45;1-4-12-29(13-5-1)37-27-25-33-24-26-36-41(35-18-10-11-19-38(35)46-43(36)42(33)45-37)32-20-22-34(23-21-32)44-47-39(30-14-6-2-7-15-30)28-40(48-44)31-16-8-3-9-17-31;1-3-12-27(13-4-1)37-26-38(28-14-5-2-6-15-28)46-42(45-37)33-24-23-32(30-17-7-8-18-31(30)33)39-34-19-9-10-20-36(34)44-41-35(39)22-21-29-16-11-25-43-40(29)41/h1-28H;1-28H;1-26H. The van der Waals surface area contributed by atoms with E-state index in [0.717, 1.165) is 238 Å². The van der Waals surface area contributed by atoms with Gasteiger partial charge in [-0.05, 0) is 134 Å². The van der Waals surface area contributed by atoms with Gasteiger partial charge in [0.15, 0.2) is 17.5 Å². The van der Waals surface area contributed by atoms with Gasteiger partial charge in [-0.25, -0.2) is 49.8 Å². The third kappa shape index (κ3) is 16.0. The van der Waals surface area contributed by atoms with E-state index in [-0.39, 0.29) is 0 Å². The van der Waals surface area contributed by atoms with Gasteiger partial charge in [0.05, 0.1) is 89.5 Å². The Hall–Kier alpha value is -19.6. The van der Waals surface area contributed by atoms with Gasteiger partial charge in [-0.2, -0.15) is 0 Å². The summed E-state index contributed by atoms with van der Waals surface area (Å²) in [6.45, 7) is 0. The minimum atomic E-state index is 0.690. The van der Waals surface area contributed by atoms with Crippen LogP contribution in [0.25, 0.3) is 277 Å². The number of hydrogen-bond acceptors (Lipinski definition) is 12. The summed E-state index contributed by atoms with van der Waals surface area (Å²) in [5.41, 5.74) is 31.9. The number of fused-ring (bicyclic) bond motifs is 15. The SMILES string of the molecule is c1ccc(-c2cc(-c3ccccc3)nc(-c3ccc(-c4c5ccccc5nc5c4ccc4ccc(-c6ccccc6)nc45)cc3)n2)cc1.c1ccc(-c2cc(-c3ccccc3)nc(-c3ccc(-c4c5ccccc5nc5c4ccc4cccnc45)c4ccccc34)n2)cc1.c1ccc(-c2cc(-c3ccccc3)nc(-c3ccc4cc5cc(-c6c7ccccc7nc7c6ccc6cccnc67)ccc5cc4c3)n2)cc1. The van der Waals surface area contributed by atoms with Crippen molar-refractivity contribution in [3.05, 3.63) is 498 Å². The van der Waals surface area contributed by atoms with E-state index in [1.54, 1.807) is 0 Å². The van der Waals surface area contributed by atoms with Crippen LogP contribution in [-0.4, -0.2) is 59.8 Å². The first-order valence-corrected chi connectivity index (χ1v) is 48.3. The molecule has 12 nitrogen and oxygen atoms in total. The molecule has 0 saturated heterocycles. The van der Waals surface area contributed by atoms with Crippen LogP contribution >= 0.6 is 0 Å². The van der Waals surface area contributed by atoms with E-state index >= 15 is 0 Å². The maximum absolute atomic E-state index is 5.19. The van der Waals surface area contributed by atoms with E-state index < -0.39 is 0 Å². The number of pyridine rings is 6. The summed E-state index contributed by atoms with van der Waals surface area (Å²) >= 11 is 0. The average molecular weight is 1840 g/mol. The van der Waals surface area contributed by atoms with E-state index in [4.69, 9.17) is 59.8 Å². The highest BCUT2D eigenvalue weighted by molar-refractivity contribution is 6.22. The summed E-state index contributed by atoms with van der Waals surface area (Å²) < 4.78 is 0. The van der Waals surface area contributed by atoms with Crippen molar-refractivity contribution in [1.29, 1.82) is 0 Å². The Morgan fingerprint density at radius 2 is 0.424 bits per heavy atom. The Labute approximate surface area is 828 Å². The van der Waals surface area contributed by atoms with Gasteiger partial charge < -0.3 is 0 Å². The quantitative estimate of drug-likeness (QED) is 0.0797. The Bertz CT molecular complexity index is 9710. The normalized spacial score (nSPS) is 11.5. The largest absolute Gasteiger partial charge is 0.254 e. The van der Waals surface area contributed by atoms with Crippen LogP contribution in [-0.2, 0) is 0 Å². The monoisotopic (exact) mass is 1830 g/mol. The lowest BCUT2D eigenvalue weighted by atomic mass is 9.90. The van der Waals surface area contributed by atoms with E-state index in [0.29, 0.717) is 17.5 Å². The number of nitrogens with zero attached hydrogens (tertiary/aromatic N) is 12. The van der Waals surface area contributed by atoms with Gasteiger partial charge in [0, 0.05) is 133 Å². The number of aromatic nitrogens is 12. The molecule has 0 aliphatic rings. The summed E-state index contributed by atoms with van der Waals surface area (Å²) in [4.78, 5) is 60.6. The van der Waals surface area contributed by atoms with Gasteiger partial charge in [-0.15, -0.1) is 0 Å². The second kappa shape index (κ2) is 36.7. The summed E-state index contributed by atoms with van der Waals surface area (Å²) in [6, 6.07) is 168. The fraction of sp³-hybridized carbons (Fsp3) is 0. The zero-order chi connectivity index (χ0) is 95.3. The van der Waals surface area contributed by atoms with E-state index in [1.807, 2.05) is 164 Å². The predicted octanol–water partition coefficient (Wildman–Crippen LogP) is 33.3. The lowest BCUT2D eigenvalue weighted by Crippen LogP contribution is -1.97. The number of para-hydroxylation sites is 3. The molecule has 0 fully saturated rings. The Morgan fingerprint density at radius 1 is 0.125 bits per heavy atom. The molecule has 0 atom stereocenters. The molecule has 19 aromatic carbocycles. The maximum Gasteiger partial charge on any atom is 0.161 e. The van der Waals surface area contributed by atoms with Crippen molar-refractivity contribution < 1.29 is 0 Å². The second-order valence-corrected chi connectivity index (χ2v) is 36.0. The maximum atomic E-state index is 5.19. The van der Waals surface area contributed by atoms with E-state index in [2.05, 4.69) is 334 Å². The molecular weight excluding hydrogens is 1750 g/mol. The van der Waals surface area contributed by atoms with Crippen LogP contribution in [0.15, 0.2) is 498 Å². The highest BCUT2D eigenvalue weighted by atomic mass is 14.9. The van der Waals surface area contributed by atoms with E-state index in [9.17, 15) is 0 Å². The molecule has 0 aliphatic carbocycles. The lowest BCUT2D eigenvalue weighted by Gasteiger charge is -2.16. The average Bonchev–Trinajstić information content (AvgIpc) is 0.740. The number of hydrogen-bond donors (Lipinski definition) is 0. The smallest absolute Gasteiger partial charge is 0.161 e. The number of rotatable bonds is 13. The molecule has 0 unspecified atom stereocenters. The first-order chi connectivity index (χ1) is 71.3. The molecule has 0 amide bonds. The molecule has 0 N–H and O–H groups in total. The summed E-state index contributed by atoms with van der Waals surface area (Å²) in [5, 5.41) is 16.7. The zero-order valence-corrected chi connectivity index (χ0v) is 77.7. The van der Waals surface area contributed by atoms with Crippen molar-refractivity contribution in [3.63, 3.8) is 0 Å². The molecule has 28 rings (SSSR count). The summed E-state index contributed by atoms with van der Waals surface area (Å²) in [5.74, 6) is 2.10. The fourth-order valence-electron chi connectivity index (χ4n) is 20.3. The highest BCUT2D eigenvalue weighted by Crippen LogP contribution is 2.47. The molecule has 670 valence electrons. The summed E-state index contributed by atoms with van der Waals surface area (Å²) in [6.07, 6.45) is 3.69. The second-order valence-electron chi connectivity index (χ2n) is 36.0. The molecule has 0 saturated carbocycles. The first kappa shape index (κ1) is 84.9. The van der Waals surface area contributed by atoms with Crippen LogP contribution in [0.4, 0.5) is 0 Å². The van der Waals surface area contributed by atoms with Crippen LogP contribution in [0.3, 0.4) is 0 Å². The molecule has 12 heteroatoms. The first-order valence-electron chi connectivity index (χ1n) is 48.3. The molecule has 0 spiro atoms. The van der Waals surface area contributed by atoms with Crippen LogP contribution < -0.4 is 0 Å². The zero-order valence-electron chi connectivity index (χ0n) is 77.7. The lowest BCUT2D eigenvalue weighted by molar-refractivity contribution is 1.18.